The molecular formula is C28H37FN4O2. The number of aromatic nitrogens is 2. The van der Waals surface area contributed by atoms with Crippen LogP contribution in [0.15, 0.2) is 30.5 Å². The molecule has 1 saturated carbocycles. The van der Waals surface area contributed by atoms with Crippen LogP contribution in [0.1, 0.15) is 86.3 Å². The number of pyridine rings is 2. The number of anilines is 1. The predicted molar refractivity (Wildman–Crippen MR) is 134 cm³/mol. The minimum absolute atomic E-state index is 0.106. The number of alkyl halides is 1. The first kappa shape index (κ1) is 24.2. The van der Waals surface area contributed by atoms with Crippen LogP contribution in [0.2, 0.25) is 0 Å². The van der Waals surface area contributed by atoms with Gasteiger partial charge in [0.1, 0.15) is 18.0 Å². The fourth-order valence-electron chi connectivity index (χ4n) is 5.74. The number of unbranched alkanes of at least 4 members (excludes halogenated alkanes) is 1. The number of carbonyl (C=O) groups is 1. The van der Waals surface area contributed by atoms with Gasteiger partial charge < -0.3 is 10.4 Å². The van der Waals surface area contributed by atoms with E-state index in [-0.39, 0.29) is 5.92 Å². The number of hydrogen-bond donors (Lipinski definition) is 2. The highest BCUT2D eigenvalue weighted by Crippen LogP contribution is 2.43. The van der Waals surface area contributed by atoms with Gasteiger partial charge in [0.2, 0.25) is 0 Å². The summed E-state index contributed by atoms with van der Waals surface area (Å²) in [5, 5.41) is 13.5. The quantitative estimate of drug-likeness (QED) is 0.450. The molecule has 6 nitrogen and oxygen atoms in total. The minimum atomic E-state index is -0.898. The van der Waals surface area contributed by atoms with Gasteiger partial charge in [0.15, 0.2) is 0 Å². The standard InChI is InChI=1S/C28H37FN4O2/c1-18-8-9-20-12-13-22(32-27(20)31-18)5-2-3-7-24(29)21-14-16-33(17-21)26(28(34)35)23-6-4-15-30-25(23)19-10-11-19/h4,6,12-13,15,18-19,21,24,26H,2-3,5,7-11,14,16-17H2,1H3,(H,31,32)(H,34,35)/t18?,21-,24?,26?/m1/s1. The maximum Gasteiger partial charge on any atom is 0.325 e. The first-order chi connectivity index (χ1) is 17.0. The number of likely N-dealkylation sites (tertiary alicyclic amines) is 1. The molecule has 2 N–H and O–H groups in total. The lowest BCUT2D eigenvalue weighted by Crippen LogP contribution is -2.34. The highest BCUT2D eigenvalue weighted by atomic mass is 19.1. The number of nitrogens with zero attached hydrogens (tertiary/aromatic N) is 3. The summed E-state index contributed by atoms with van der Waals surface area (Å²) in [6, 6.07) is 7.72. The van der Waals surface area contributed by atoms with Gasteiger partial charge in [-0.15, -0.1) is 0 Å². The van der Waals surface area contributed by atoms with E-state index in [0.717, 1.165) is 67.7 Å². The summed E-state index contributed by atoms with van der Waals surface area (Å²) in [6.45, 7) is 3.29. The van der Waals surface area contributed by atoms with Crippen molar-refractivity contribution in [2.75, 3.05) is 18.4 Å². The number of aliphatic carboxylic acids is 1. The predicted octanol–water partition coefficient (Wildman–Crippen LogP) is 5.30. The van der Waals surface area contributed by atoms with Crippen molar-refractivity contribution >= 4 is 11.8 Å². The Balaban J connectivity index is 1.12. The van der Waals surface area contributed by atoms with Crippen LogP contribution >= 0.6 is 0 Å². The lowest BCUT2D eigenvalue weighted by atomic mass is 9.97. The van der Waals surface area contributed by atoms with E-state index in [2.05, 4.69) is 29.4 Å². The number of nitrogens with one attached hydrogen (secondary N) is 1. The third kappa shape index (κ3) is 5.66. The van der Waals surface area contributed by atoms with Crippen molar-refractivity contribution < 1.29 is 14.3 Å². The van der Waals surface area contributed by atoms with Gasteiger partial charge >= 0.3 is 5.97 Å². The third-order valence-corrected chi connectivity index (χ3v) is 7.93. The summed E-state index contributed by atoms with van der Waals surface area (Å²) < 4.78 is 15.1. The highest BCUT2D eigenvalue weighted by molar-refractivity contribution is 5.76. The van der Waals surface area contributed by atoms with Gasteiger partial charge in [-0.2, -0.15) is 0 Å². The van der Waals surface area contributed by atoms with Crippen LogP contribution < -0.4 is 5.32 Å². The summed E-state index contributed by atoms with van der Waals surface area (Å²) in [7, 11) is 0. The molecule has 4 heterocycles. The first-order valence-corrected chi connectivity index (χ1v) is 13.3. The summed E-state index contributed by atoms with van der Waals surface area (Å²) in [4.78, 5) is 23.5. The number of rotatable bonds is 10. The van der Waals surface area contributed by atoms with Gasteiger partial charge in [0.25, 0.3) is 0 Å². The fourth-order valence-corrected chi connectivity index (χ4v) is 5.74. The third-order valence-electron chi connectivity index (χ3n) is 7.93. The second kappa shape index (κ2) is 10.6. The second-order valence-electron chi connectivity index (χ2n) is 10.7. The normalized spacial score (nSPS) is 23.9. The second-order valence-corrected chi connectivity index (χ2v) is 10.7. The topological polar surface area (TPSA) is 78.4 Å². The van der Waals surface area contributed by atoms with Crippen LogP contribution in [0.5, 0.6) is 0 Å². The van der Waals surface area contributed by atoms with Crippen LogP contribution in [0.3, 0.4) is 0 Å². The molecule has 5 rings (SSSR count). The molecule has 0 amide bonds. The minimum Gasteiger partial charge on any atom is -0.480 e. The molecule has 0 bridgehead atoms. The molecule has 2 aromatic rings. The number of fused-ring (bicyclic) bond motifs is 1. The van der Waals surface area contributed by atoms with Crippen molar-refractivity contribution in [1.82, 2.24) is 14.9 Å². The Kier molecular flexibility index (Phi) is 7.32. The summed E-state index contributed by atoms with van der Waals surface area (Å²) in [5.41, 5.74) is 4.07. The molecular weight excluding hydrogens is 443 g/mol. The lowest BCUT2D eigenvalue weighted by molar-refractivity contribution is -0.143. The van der Waals surface area contributed by atoms with Crippen LogP contribution in [0.4, 0.5) is 10.2 Å². The van der Waals surface area contributed by atoms with Crippen molar-refractivity contribution in [2.45, 2.75) is 88.9 Å². The Morgan fingerprint density at radius 3 is 2.89 bits per heavy atom. The first-order valence-electron chi connectivity index (χ1n) is 13.3. The van der Waals surface area contributed by atoms with Crippen LogP contribution in [-0.4, -0.2) is 51.2 Å². The van der Waals surface area contributed by atoms with Crippen LogP contribution in [-0.2, 0) is 17.6 Å². The van der Waals surface area contributed by atoms with Crippen LogP contribution in [0.25, 0.3) is 0 Å². The number of carboxylic acids is 1. The van der Waals surface area contributed by atoms with Crippen molar-refractivity contribution in [2.24, 2.45) is 5.92 Å². The monoisotopic (exact) mass is 480 g/mol. The lowest BCUT2D eigenvalue weighted by Gasteiger charge is -2.26. The SMILES string of the molecule is CC1CCc2ccc(CCCCC(F)[C@@H]3CCN(C(C(=O)O)c4cccnc4C4CC4)C3)nc2N1. The van der Waals surface area contributed by atoms with E-state index in [1.165, 1.54) is 5.56 Å². The van der Waals surface area contributed by atoms with Gasteiger partial charge in [-0.3, -0.25) is 14.7 Å². The van der Waals surface area contributed by atoms with Gasteiger partial charge in [-0.25, -0.2) is 9.37 Å². The van der Waals surface area contributed by atoms with Gasteiger partial charge in [-0.1, -0.05) is 18.6 Å². The molecule has 2 fully saturated rings. The Labute approximate surface area is 207 Å². The molecule has 3 unspecified atom stereocenters. The summed E-state index contributed by atoms with van der Waals surface area (Å²) in [6.07, 6.45) is 9.03. The summed E-state index contributed by atoms with van der Waals surface area (Å²) >= 11 is 0. The molecule has 0 radical (unpaired) electrons. The molecule has 0 aromatic carbocycles. The molecule has 2 aliphatic heterocycles. The maximum absolute atomic E-state index is 15.1. The number of halogens is 1. The van der Waals surface area contributed by atoms with E-state index in [1.54, 1.807) is 6.20 Å². The van der Waals surface area contributed by atoms with E-state index in [4.69, 9.17) is 4.98 Å². The zero-order valence-corrected chi connectivity index (χ0v) is 20.6. The van der Waals surface area contributed by atoms with Gasteiger partial charge in [-0.05, 0) is 82.5 Å². The van der Waals surface area contributed by atoms with Crippen molar-refractivity contribution in [3.05, 3.63) is 53.0 Å². The fraction of sp³-hybridized carbons (Fsp3) is 0.607. The average Bonchev–Trinajstić information content (AvgIpc) is 3.59. The largest absolute Gasteiger partial charge is 0.480 e. The van der Waals surface area contributed by atoms with E-state index in [9.17, 15) is 9.90 Å². The van der Waals surface area contributed by atoms with Crippen LogP contribution in [0, 0.1) is 5.92 Å². The molecule has 1 saturated heterocycles. The molecule has 4 atom stereocenters. The summed E-state index contributed by atoms with van der Waals surface area (Å²) in [5.74, 6) is 0.425. The molecule has 2 aromatic heterocycles. The average molecular weight is 481 g/mol. The van der Waals surface area contributed by atoms with E-state index in [1.807, 2.05) is 17.0 Å². The van der Waals surface area contributed by atoms with E-state index >= 15 is 4.39 Å². The van der Waals surface area contributed by atoms with E-state index < -0.39 is 18.2 Å². The molecule has 0 spiro atoms. The maximum atomic E-state index is 15.1. The van der Waals surface area contributed by atoms with Gasteiger partial charge in [0, 0.05) is 47.6 Å². The zero-order chi connectivity index (χ0) is 24.4. The Morgan fingerprint density at radius 1 is 1.23 bits per heavy atom. The molecule has 1 aliphatic carbocycles. The Bertz CT molecular complexity index is 1040. The van der Waals surface area contributed by atoms with Gasteiger partial charge in [0.05, 0.1) is 0 Å². The number of aryl methyl sites for hydroxylation is 2. The van der Waals surface area contributed by atoms with Crippen molar-refractivity contribution in [3.8, 4) is 0 Å². The highest BCUT2D eigenvalue weighted by Gasteiger charge is 2.39. The zero-order valence-electron chi connectivity index (χ0n) is 20.6. The van der Waals surface area contributed by atoms with Crippen molar-refractivity contribution in [3.63, 3.8) is 0 Å². The van der Waals surface area contributed by atoms with Crippen molar-refractivity contribution in [1.29, 1.82) is 0 Å². The Hall–Kier alpha value is -2.54. The molecule has 188 valence electrons. The number of carboxylic acid groups (broad SMARTS) is 1. The number of hydrogen-bond acceptors (Lipinski definition) is 5. The Morgan fingerprint density at radius 2 is 2.09 bits per heavy atom. The smallest absolute Gasteiger partial charge is 0.325 e. The molecule has 7 heteroatoms. The van der Waals surface area contributed by atoms with E-state index in [0.29, 0.717) is 37.9 Å². The molecule has 35 heavy (non-hydrogen) atoms. The molecule has 3 aliphatic rings.